The van der Waals surface area contributed by atoms with Gasteiger partial charge in [-0.15, -0.1) is 11.3 Å². The second-order valence-electron chi connectivity index (χ2n) is 5.94. The molecule has 1 aliphatic heterocycles. The van der Waals surface area contributed by atoms with Crippen LogP contribution in [0.3, 0.4) is 0 Å². The molecule has 0 bridgehead atoms. The van der Waals surface area contributed by atoms with E-state index in [1.54, 1.807) is 30.8 Å². The van der Waals surface area contributed by atoms with Gasteiger partial charge in [-0.25, -0.2) is 14.5 Å². The Kier molecular flexibility index (Phi) is 3.99. The average molecular weight is 342 g/mol. The molecule has 0 spiro atoms. The standard InChI is InChI=1S/C16H18N6OS/c1-17-16(23)13-6-20-22-14(2-4-18-15(13)22)11-3-5-21(7-11)8-12-9-24-10-19-12/h2,4,6,9-11H,3,5,7-8H2,1H3,(H,17,23)/t11-/m0/s1. The van der Waals surface area contributed by atoms with Crippen LogP contribution in [0.5, 0.6) is 0 Å². The van der Waals surface area contributed by atoms with Crippen molar-refractivity contribution in [3.8, 4) is 0 Å². The van der Waals surface area contributed by atoms with Gasteiger partial charge >= 0.3 is 0 Å². The number of aromatic nitrogens is 4. The molecule has 1 N–H and O–H groups in total. The summed E-state index contributed by atoms with van der Waals surface area (Å²) in [6.07, 6.45) is 4.42. The lowest BCUT2D eigenvalue weighted by atomic mass is 10.0. The summed E-state index contributed by atoms with van der Waals surface area (Å²) >= 11 is 1.63. The zero-order valence-corrected chi connectivity index (χ0v) is 14.2. The summed E-state index contributed by atoms with van der Waals surface area (Å²) in [5.74, 6) is 0.220. The van der Waals surface area contributed by atoms with Gasteiger partial charge in [0, 0.05) is 37.6 Å². The Morgan fingerprint density at radius 3 is 3.17 bits per heavy atom. The molecule has 1 fully saturated rings. The van der Waals surface area contributed by atoms with Crippen molar-refractivity contribution < 1.29 is 4.79 Å². The first-order valence-electron chi connectivity index (χ1n) is 7.90. The maximum absolute atomic E-state index is 11.9. The molecule has 0 unspecified atom stereocenters. The minimum Gasteiger partial charge on any atom is -0.355 e. The Morgan fingerprint density at radius 1 is 1.46 bits per heavy atom. The summed E-state index contributed by atoms with van der Waals surface area (Å²) in [6.45, 7) is 2.89. The maximum Gasteiger partial charge on any atom is 0.256 e. The topological polar surface area (TPSA) is 75.4 Å². The van der Waals surface area contributed by atoms with Crippen molar-refractivity contribution in [3.63, 3.8) is 0 Å². The van der Waals surface area contributed by atoms with Crippen LogP contribution in [0.25, 0.3) is 5.65 Å². The van der Waals surface area contributed by atoms with Gasteiger partial charge < -0.3 is 5.32 Å². The molecule has 0 aromatic carbocycles. The molecule has 3 aromatic rings. The molecule has 0 aliphatic carbocycles. The monoisotopic (exact) mass is 342 g/mol. The number of nitrogens with zero attached hydrogens (tertiary/aromatic N) is 5. The zero-order valence-electron chi connectivity index (χ0n) is 13.3. The molecule has 1 amide bonds. The van der Waals surface area contributed by atoms with Crippen LogP contribution < -0.4 is 5.32 Å². The molecule has 1 aliphatic rings. The van der Waals surface area contributed by atoms with Crippen molar-refractivity contribution >= 4 is 22.9 Å². The van der Waals surface area contributed by atoms with Crippen LogP contribution in [0.2, 0.25) is 0 Å². The van der Waals surface area contributed by atoms with Gasteiger partial charge in [0.15, 0.2) is 5.65 Å². The third-order valence-electron chi connectivity index (χ3n) is 4.46. The minimum atomic E-state index is -0.161. The van der Waals surface area contributed by atoms with E-state index >= 15 is 0 Å². The van der Waals surface area contributed by atoms with E-state index in [1.807, 2.05) is 16.1 Å². The summed E-state index contributed by atoms with van der Waals surface area (Å²) in [4.78, 5) is 23.0. The van der Waals surface area contributed by atoms with E-state index in [-0.39, 0.29) is 5.91 Å². The molecule has 1 atom stereocenters. The van der Waals surface area contributed by atoms with Crippen molar-refractivity contribution in [1.29, 1.82) is 0 Å². The largest absolute Gasteiger partial charge is 0.355 e. The van der Waals surface area contributed by atoms with Gasteiger partial charge in [0.25, 0.3) is 5.91 Å². The van der Waals surface area contributed by atoms with Crippen LogP contribution in [0.1, 0.15) is 34.1 Å². The SMILES string of the molecule is CNC(=O)c1cnn2c([C@H]3CCN(Cc4cscn4)C3)ccnc12. The second-order valence-corrected chi connectivity index (χ2v) is 6.66. The van der Waals surface area contributed by atoms with E-state index in [4.69, 9.17) is 0 Å². The summed E-state index contributed by atoms with van der Waals surface area (Å²) < 4.78 is 1.81. The zero-order chi connectivity index (χ0) is 16.5. The number of amides is 1. The van der Waals surface area contributed by atoms with E-state index in [9.17, 15) is 4.79 Å². The Balaban J connectivity index is 1.58. The van der Waals surface area contributed by atoms with Crippen LogP contribution in [-0.4, -0.2) is 50.5 Å². The van der Waals surface area contributed by atoms with Crippen LogP contribution >= 0.6 is 11.3 Å². The molecule has 8 heteroatoms. The van der Waals surface area contributed by atoms with E-state index in [2.05, 4.69) is 30.7 Å². The summed E-state index contributed by atoms with van der Waals surface area (Å²) in [5, 5.41) is 9.13. The van der Waals surface area contributed by atoms with Gasteiger partial charge in [-0.1, -0.05) is 0 Å². The highest BCUT2D eigenvalue weighted by atomic mass is 32.1. The van der Waals surface area contributed by atoms with Crippen LogP contribution in [0.4, 0.5) is 0 Å². The summed E-state index contributed by atoms with van der Waals surface area (Å²) in [6, 6.07) is 2.00. The molecular weight excluding hydrogens is 324 g/mol. The van der Waals surface area contributed by atoms with Gasteiger partial charge in [0.1, 0.15) is 5.56 Å². The molecule has 7 nitrogen and oxygen atoms in total. The average Bonchev–Trinajstić information content (AvgIpc) is 3.34. The first kappa shape index (κ1) is 15.2. The first-order chi connectivity index (χ1) is 11.8. The minimum absolute atomic E-state index is 0.161. The number of rotatable bonds is 4. The molecule has 4 rings (SSSR count). The summed E-state index contributed by atoms with van der Waals surface area (Å²) in [5.41, 5.74) is 5.23. The van der Waals surface area contributed by atoms with E-state index < -0.39 is 0 Å². The Bertz CT molecular complexity index is 859. The quantitative estimate of drug-likeness (QED) is 0.778. The van der Waals surface area contributed by atoms with E-state index in [0.29, 0.717) is 17.1 Å². The lowest BCUT2D eigenvalue weighted by Crippen LogP contribution is -2.20. The maximum atomic E-state index is 11.9. The van der Waals surface area contributed by atoms with E-state index in [0.717, 1.165) is 37.4 Å². The van der Waals surface area contributed by atoms with Gasteiger partial charge in [-0.2, -0.15) is 5.10 Å². The van der Waals surface area contributed by atoms with Crippen molar-refractivity contribution in [2.45, 2.75) is 18.9 Å². The van der Waals surface area contributed by atoms with Crippen molar-refractivity contribution in [1.82, 2.24) is 29.8 Å². The number of hydrogen-bond acceptors (Lipinski definition) is 6. The number of carbonyl (C=O) groups is 1. The number of hydrogen-bond donors (Lipinski definition) is 1. The second kappa shape index (κ2) is 6.29. The number of fused-ring (bicyclic) bond motifs is 1. The van der Waals surface area contributed by atoms with Gasteiger partial charge in [0.05, 0.1) is 23.1 Å². The van der Waals surface area contributed by atoms with Crippen LogP contribution in [0.15, 0.2) is 29.4 Å². The van der Waals surface area contributed by atoms with Crippen molar-refractivity contribution in [2.24, 2.45) is 0 Å². The third kappa shape index (κ3) is 2.67. The molecule has 3 aromatic heterocycles. The Morgan fingerprint density at radius 2 is 2.38 bits per heavy atom. The smallest absolute Gasteiger partial charge is 0.256 e. The van der Waals surface area contributed by atoms with Crippen LogP contribution in [0, 0.1) is 0 Å². The molecule has 0 radical (unpaired) electrons. The van der Waals surface area contributed by atoms with Crippen LogP contribution in [-0.2, 0) is 6.54 Å². The van der Waals surface area contributed by atoms with Gasteiger partial charge in [0.2, 0.25) is 0 Å². The van der Waals surface area contributed by atoms with Gasteiger partial charge in [-0.05, 0) is 19.0 Å². The predicted molar refractivity (Wildman–Crippen MR) is 91.1 cm³/mol. The molecule has 1 saturated heterocycles. The fraction of sp³-hybridized carbons (Fsp3) is 0.375. The highest BCUT2D eigenvalue weighted by Crippen LogP contribution is 2.28. The van der Waals surface area contributed by atoms with Crippen molar-refractivity contribution in [3.05, 3.63) is 46.3 Å². The molecular formula is C16H18N6OS. The number of nitrogens with one attached hydrogen (secondary N) is 1. The predicted octanol–water partition coefficient (Wildman–Crippen LogP) is 1.53. The Hall–Kier alpha value is -2.32. The van der Waals surface area contributed by atoms with Crippen molar-refractivity contribution in [2.75, 3.05) is 20.1 Å². The number of likely N-dealkylation sites (tertiary alicyclic amines) is 1. The highest BCUT2D eigenvalue weighted by Gasteiger charge is 2.27. The first-order valence-corrected chi connectivity index (χ1v) is 8.84. The molecule has 24 heavy (non-hydrogen) atoms. The highest BCUT2D eigenvalue weighted by molar-refractivity contribution is 7.07. The fourth-order valence-electron chi connectivity index (χ4n) is 3.28. The lowest BCUT2D eigenvalue weighted by Gasteiger charge is -2.15. The fourth-order valence-corrected chi connectivity index (χ4v) is 3.83. The normalized spacial score (nSPS) is 18.3. The number of carbonyl (C=O) groups excluding carboxylic acids is 1. The molecule has 0 saturated carbocycles. The Labute approximate surface area is 143 Å². The third-order valence-corrected chi connectivity index (χ3v) is 5.10. The number of thiazole rings is 1. The summed E-state index contributed by atoms with van der Waals surface area (Å²) in [7, 11) is 1.61. The lowest BCUT2D eigenvalue weighted by molar-refractivity contribution is 0.0964. The molecule has 124 valence electrons. The van der Waals surface area contributed by atoms with E-state index in [1.165, 1.54) is 0 Å². The van der Waals surface area contributed by atoms with Gasteiger partial charge in [-0.3, -0.25) is 9.69 Å². The molecule has 4 heterocycles.